The third kappa shape index (κ3) is 2.38. The van der Waals surface area contributed by atoms with Crippen molar-refractivity contribution >= 4 is 17.3 Å². The molecule has 1 fully saturated rings. The molecule has 1 aliphatic heterocycles. The van der Waals surface area contributed by atoms with Gasteiger partial charge in [-0.2, -0.15) is 10.3 Å². The Kier molecular flexibility index (Phi) is 4.02. The molecule has 3 aliphatic rings. The molecule has 3 atom stereocenters. The fourth-order valence-electron chi connectivity index (χ4n) is 5.34. The summed E-state index contributed by atoms with van der Waals surface area (Å²) in [4.78, 5) is 26.0. The average molecular weight is 374 g/mol. The molecule has 28 heavy (non-hydrogen) atoms. The summed E-state index contributed by atoms with van der Waals surface area (Å²) in [6.45, 7) is 5.92. The number of likely N-dealkylation sites (N-methyl/N-ethyl adjacent to an activating group) is 1. The van der Waals surface area contributed by atoms with Crippen LogP contribution in [0.4, 0.5) is 0 Å². The normalized spacial score (nSPS) is 30.8. The number of hydrogen-bond donors (Lipinski definition) is 1. The van der Waals surface area contributed by atoms with Crippen LogP contribution in [-0.4, -0.2) is 24.3 Å². The van der Waals surface area contributed by atoms with E-state index >= 15 is 0 Å². The van der Waals surface area contributed by atoms with Crippen LogP contribution in [0.3, 0.4) is 0 Å². The van der Waals surface area contributed by atoms with Crippen LogP contribution in [0, 0.1) is 28.1 Å². The van der Waals surface area contributed by atoms with Crippen molar-refractivity contribution in [2.75, 3.05) is 7.05 Å². The van der Waals surface area contributed by atoms with Gasteiger partial charge in [0.05, 0.1) is 12.6 Å². The van der Waals surface area contributed by atoms with Crippen molar-refractivity contribution in [1.82, 2.24) is 0 Å². The first kappa shape index (κ1) is 18.5. The van der Waals surface area contributed by atoms with Crippen LogP contribution in [0.15, 0.2) is 58.4 Å². The van der Waals surface area contributed by atoms with E-state index in [9.17, 15) is 14.9 Å². The summed E-state index contributed by atoms with van der Waals surface area (Å²) in [6.07, 6.45) is 3.31. The van der Waals surface area contributed by atoms with Gasteiger partial charge in [-0.3, -0.25) is 9.59 Å². The van der Waals surface area contributed by atoms with Crippen molar-refractivity contribution in [2.24, 2.45) is 21.8 Å². The minimum Gasteiger partial charge on any atom is -0.293 e. The first-order valence-corrected chi connectivity index (χ1v) is 9.66. The lowest BCUT2D eigenvalue weighted by atomic mass is 9.51. The molecule has 0 bridgehead atoms. The zero-order chi connectivity index (χ0) is 20.3. The zero-order valence-electron chi connectivity index (χ0n) is 16.7. The Morgan fingerprint density at radius 1 is 1.25 bits per heavy atom. The fraction of sp³-hybridized carbons (Fsp3) is 0.391. The highest BCUT2D eigenvalue weighted by Crippen LogP contribution is 2.55. The molecule has 4 rings (SSSR count). The van der Waals surface area contributed by atoms with Crippen LogP contribution in [0.2, 0.25) is 0 Å². The lowest BCUT2D eigenvalue weighted by Gasteiger charge is -2.49. The average Bonchev–Trinajstić information content (AvgIpc) is 3.02. The monoisotopic (exact) mass is 374 g/mol. The van der Waals surface area contributed by atoms with Crippen LogP contribution >= 0.6 is 0 Å². The molecular formula is C23H24N3O2+. The fourth-order valence-corrected chi connectivity index (χ4v) is 5.34. The molecule has 3 unspecified atom stereocenters. The maximum atomic E-state index is 13.2. The van der Waals surface area contributed by atoms with Crippen LogP contribution in [-0.2, 0) is 4.79 Å². The van der Waals surface area contributed by atoms with E-state index in [4.69, 9.17) is 5.10 Å². The van der Waals surface area contributed by atoms with E-state index in [0.717, 1.165) is 29.1 Å². The summed E-state index contributed by atoms with van der Waals surface area (Å²) in [7, 11) is 1.88. The van der Waals surface area contributed by atoms with Gasteiger partial charge in [0.2, 0.25) is 11.5 Å². The number of benzene rings is 1. The van der Waals surface area contributed by atoms with E-state index in [-0.39, 0.29) is 23.1 Å². The molecular weight excluding hydrogens is 350 g/mol. The summed E-state index contributed by atoms with van der Waals surface area (Å²) in [5, 5.41) is 15.1. The molecule has 1 heterocycles. The highest BCUT2D eigenvalue weighted by atomic mass is 16.1. The van der Waals surface area contributed by atoms with Gasteiger partial charge in [-0.05, 0) is 25.7 Å². The van der Waals surface area contributed by atoms with Crippen molar-refractivity contribution < 1.29 is 14.6 Å². The first-order chi connectivity index (χ1) is 13.2. The molecule has 0 radical (unpaired) electrons. The second-order valence-electron chi connectivity index (χ2n) is 8.69. The molecule has 1 aromatic rings. The number of allylic oxidation sites excluding steroid dienone is 4. The predicted octanol–water partition coefficient (Wildman–Crippen LogP) is 2.48. The van der Waals surface area contributed by atoms with Crippen LogP contribution in [0.1, 0.15) is 44.0 Å². The number of nitrogens with zero attached hydrogens (tertiary/aromatic N) is 2. The minimum absolute atomic E-state index is 0.00969. The van der Waals surface area contributed by atoms with Crippen molar-refractivity contribution in [3.63, 3.8) is 0 Å². The smallest absolute Gasteiger partial charge is 0.248 e. The molecule has 142 valence electrons. The van der Waals surface area contributed by atoms with E-state index in [1.54, 1.807) is 6.08 Å². The van der Waals surface area contributed by atoms with E-state index in [0.29, 0.717) is 11.3 Å². The topological polar surface area (TPSA) is 74.7 Å². The molecule has 2 aliphatic carbocycles. The van der Waals surface area contributed by atoms with Crippen molar-refractivity contribution in [1.29, 1.82) is 5.26 Å². The van der Waals surface area contributed by atoms with Gasteiger partial charge in [0.15, 0.2) is 5.78 Å². The number of nitriles is 1. The van der Waals surface area contributed by atoms with Crippen LogP contribution < -0.4 is 5.01 Å². The molecule has 0 spiro atoms. The van der Waals surface area contributed by atoms with Gasteiger partial charge >= 0.3 is 0 Å². The Balaban J connectivity index is 1.86. The second kappa shape index (κ2) is 6.08. The van der Waals surface area contributed by atoms with Gasteiger partial charge in [0.1, 0.15) is 11.8 Å². The molecule has 5 nitrogen and oxygen atoms in total. The minimum atomic E-state index is -0.636. The quantitative estimate of drug-likeness (QED) is 0.808. The molecule has 0 amide bonds. The maximum absolute atomic E-state index is 13.2. The Morgan fingerprint density at radius 2 is 1.93 bits per heavy atom. The van der Waals surface area contributed by atoms with Gasteiger partial charge in [-0.1, -0.05) is 55.4 Å². The number of carbonyl (C=O) groups is 2. The predicted molar refractivity (Wildman–Crippen MR) is 105 cm³/mol. The lowest BCUT2D eigenvalue weighted by molar-refractivity contribution is -0.838. The van der Waals surface area contributed by atoms with Gasteiger partial charge in [-0.25, -0.2) is 0 Å². The Morgan fingerprint density at radius 3 is 2.57 bits per heavy atom. The number of fused-ring (bicyclic) bond motifs is 3. The standard InChI is InChI=1S/C23H23N3O2/c1-22(2)17-11-10-16-18(19(27)14-8-6-5-7-9-14)26(4)25-20(16)23(17,3)12-15(13-24)21(22)28/h5-9,12,17H,10-11H2,1-4H3/p+1. The maximum Gasteiger partial charge on any atom is 0.248 e. The number of carbonyl (C=O) groups excluding carboxylic acids is 2. The Bertz CT molecular complexity index is 1020. The number of nitrogens with one attached hydrogen (secondary N) is 1. The third-order valence-corrected chi connectivity index (χ3v) is 6.67. The highest BCUT2D eigenvalue weighted by molar-refractivity contribution is 6.18. The van der Waals surface area contributed by atoms with E-state index < -0.39 is 10.8 Å². The van der Waals surface area contributed by atoms with E-state index in [1.165, 1.54) is 0 Å². The molecule has 0 aromatic heterocycles. The molecule has 1 N–H and O–H groups in total. The molecule has 0 saturated heterocycles. The van der Waals surface area contributed by atoms with E-state index in [1.807, 2.05) is 51.2 Å². The molecule has 1 saturated carbocycles. The number of quaternary nitrogens is 1. The van der Waals surface area contributed by atoms with Crippen LogP contribution in [0.25, 0.3) is 0 Å². The summed E-state index contributed by atoms with van der Waals surface area (Å²) < 4.78 is 0. The number of rotatable bonds is 2. The first-order valence-electron chi connectivity index (χ1n) is 9.66. The van der Waals surface area contributed by atoms with Gasteiger partial charge in [0.25, 0.3) is 0 Å². The number of ketones is 2. The second-order valence-corrected chi connectivity index (χ2v) is 8.69. The summed E-state index contributed by atoms with van der Waals surface area (Å²) in [5.74, 6) is -0.0552. The van der Waals surface area contributed by atoms with Gasteiger partial charge in [0, 0.05) is 22.0 Å². The van der Waals surface area contributed by atoms with Gasteiger partial charge < -0.3 is 0 Å². The Hall–Kier alpha value is -2.84. The third-order valence-electron chi connectivity index (χ3n) is 6.67. The SMILES string of the molecule is C[NH+]1N=C2C(=C1C(=O)c1ccccc1)CCC1C(C)(C)C(=O)C(C#N)=CC21C. The van der Waals surface area contributed by atoms with Crippen molar-refractivity contribution in [3.8, 4) is 6.07 Å². The number of hydrogen-bond acceptors (Lipinski definition) is 4. The summed E-state index contributed by atoms with van der Waals surface area (Å²) in [5.41, 5.74) is 2.20. The van der Waals surface area contributed by atoms with E-state index in [2.05, 4.69) is 13.0 Å². The van der Waals surface area contributed by atoms with Crippen LogP contribution in [0.5, 0.6) is 0 Å². The lowest BCUT2D eigenvalue weighted by Crippen LogP contribution is -3.02. The molecule has 5 heteroatoms. The largest absolute Gasteiger partial charge is 0.293 e. The summed E-state index contributed by atoms with van der Waals surface area (Å²) >= 11 is 0. The Labute approximate surface area is 165 Å². The van der Waals surface area contributed by atoms with Crippen molar-refractivity contribution in [3.05, 3.63) is 58.8 Å². The zero-order valence-corrected chi connectivity index (χ0v) is 16.7. The number of Topliss-reactive ketones (excluding diaryl/α,β-unsaturated/α-hetero) is 2. The van der Waals surface area contributed by atoms with Crippen molar-refractivity contribution in [2.45, 2.75) is 33.6 Å². The molecule has 1 aromatic carbocycles. The van der Waals surface area contributed by atoms with Gasteiger partial charge in [-0.15, -0.1) is 0 Å². The summed E-state index contributed by atoms with van der Waals surface area (Å²) in [6, 6.07) is 11.3. The highest BCUT2D eigenvalue weighted by Gasteiger charge is 2.58.